The van der Waals surface area contributed by atoms with Gasteiger partial charge in [-0.3, -0.25) is 9.59 Å². The zero-order valence-corrected chi connectivity index (χ0v) is 8.80. The van der Waals surface area contributed by atoms with Crippen molar-refractivity contribution < 1.29 is 9.59 Å². The second-order valence-corrected chi connectivity index (χ2v) is 3.95. The number of Topliss-reactive ketones (excluding diaryl/α,β-unsaturated/α-hetero) is 1. The van der Waals surface area contributed by atoms with Gasteiger partial charge in [0.15, 0.2) is 5.78 Å². The summed E-state index contributed by atoms with van der Waals surface area (Å²) in [6.07, 6.45) is 1.39. The number of nitrogens with one attached hydrogen (secondary N) is 1. The Balaban J connectivity index is 2.46. The maximum absolute atomic E-state index is 11.7. The molecule has 0 spiro atoms. The number of benzene rings is 1. The molecule has 0 radical (unpaired) electrons. The Morgan fingerprint density at radius 1 is 1.20 bits per heavy atom. The summed E-state index contributed by atoms with van der Waals surface area (Å²) >= 11 is 5.81. The number of anilines is 1. The van der Waals surface area contributed by atoms with E-state index in [4.69, 9.17) is 11.6 Å². The van der Waals surface area contributed by atoms with Crippen LogP contribution < -0.4 is 5.32 Å². The number of fused-ring (bicyclic) bond motifs is 1. The molecule has 0 unspecified atom stereocenters. The third-order valence-electron chi connectivity index (χ3n) is 2.36. The van der Waals surface area contributed by atoms with Gasteiger partial charge in [0.2, 0.25) is 5.91 Å². The second-order valence-electron chi connectivity index (χ2n) is 3.51. The molecule has 15 heavy (non-hydrogen) atoms. The second kappa shape index (κ2) is 4.03. The molecular weight excluding hydrogens is 214 g/mol. The molecule has 0 saturated carbocycles. The summed E-state index contributed by atoms with van der Waals surface area (Å²) in [4.78, 5) is 23.0. The summed E-state index contributed by atoms with van der Waals surface area (Å²) in [6, 6.07) is 4.93. The van der Waals surface area contributed by atoms with Crippen LogP contribution in [0.4, 0.5) is 5.69 Å². The lowest BCUT2D eigenvalue weighted by Gasteiger charge is -2.13. The molecule has 1 aliphatic heterocycles. The Kier molecular flexibility index (Phi) is 2.73. The predicted octanol–water partition coefficient (Wildman–Crippen LogP) is 2.65. The van der Waals surface area contributed by atoms with Crippen molar-refractivity contribution in [3.05, 3.63) is 28.8 Å². The topological polar surface area (TPSA) is 46.2 Å². The number of carbonyl (C=O) groups is 2. The number of ketones is 1. The predicted molar refractivity (Wildman–Crippen MR) is 58.3 cm³/mol. The third kappa shape index (κ3) is 2.18. The summed E-state index contributed by atoms with van der Waals surface area (Å²) in [6.45, 7) is 0. The minimum absolute atomic E-state index is 0.0347. The molecule has 0 saturated heterocycles. The average Bonchev–Trinajstić information content (AvgIpc) is 2.18. The number of carbonyl (C=O) groups excluding carboxylic acids is 2. The van der Waals surface area contributed by atoms with Gasteiger partial charge in [-0.15, -0.1) is 0 Å². The highest BCUT2D eigenvalue weighted by atomic mass is 35.5. The minimum Gasteiger partial charge on any atom is -0.325 e. The van der Waals surface area contributed by atoms with Gasteiger partial charge in [0.1, 0.15) is 0 Å². The van der Waals surface area contributed by atoms with Gasteiger partial charge < -0.3 is 5.32 Å². The lowest BCUT2D eigenvalue weighted by molar-refractivity contribution is -0.116. The van der Waals surface area contributed by atoms with Crippen LogP contribution in [-0.2, 0) is 4.79 Å². The van der Waals surface area contributed by atoms with E-state index in [1.807, 2.05) is 0 Å². The van der Waals surface area contributed by atoms with Crippen molar-refractivity contribution in [2.24, 2.45) is 0 Å². The van der Waals surface area contributed by atoms with Crippen molar-refractivity contribution in [2.45, 2.75) is 19.3 Å². The highest BCUT2D eigenvalue weighted by molar-refractivity contribution is 6.31. The van der Waals surface area contributed by atoms with Crippen LogP contribution >= 0.6 is 11.6 Å². The smallest absolute Gasteiger partial charge is 0.224 e. The van der Waals surface area contributed by atoms with Crippen LogP contribution in [0.25, 0.3) is 0 Å². The fourth-order valence-corrected chi connectivity index (χ4v) is 1.79. The summed E-state index contributed by atoms with van der Waals surface area (Å²) in [5.41, 5.74) is 1.07. The molecule has 0 aromatic heterocycles. The first-order valence-corrected chi connectivity index (χ1v) is 5.17. The number of rotatable bonds is 0. The van der Waals surface area contributed by atoms with Crippen LogP contribution in [0.15, 0.2) is 18.2 Å². The average molecular weight is 224 g/mol. The maximum atomic E-state index is 11.7. The molecule has 78 valence electrons. The summed E-state index contributed by atoms with van der Waals surface area (Å²) in [7, 11) is 0. The van der Waals surface area contributed by atoms with Gasteiger partial charge in [-0.25, -0.2) is 0 Å². The molecule has 3 nitrogen and oxygen atoms in total. The molecular formula is C11H10ClNO2. The minimum atomic E-state index is -0.0499. The van der Waals surface area contributed by atoms with Crippen molar-refractivity contribution >= 4 is 29.0 Å². The van der Waals surface area contributed by atoms with E-state index in [0.717, 1.165) is 0 Å². The van der Waals surface area contributed by atoms with Gasteiger partial charge in [-0.05, 0) is 24.6 Å². The summed E-state index contributed by atoms with van der Waals surface area (Å²) in [5.74, 6) is -0.0152. The van der Waals surface area contributed by atoms with Gasteiger partial charge in [0.05, 0.1) is 5.69 Å². The standard InChI is InChI=1S/C11H10ClNO2/c12-7-4-5-9-8(6-7)10(14)2-1-3-11(15)13-9/h4-6H,1-3H2,(H,13,15). The molecule has 0 bridgehead atoms. The van der Waals surface area contributed by atoms with Crippen molar-refractivity contribution in [1.29, 1.82) is 0 Å². The highest BCUT2D eigenvalue weighted by Crippen LogP contribution is 2.24. The first-order valence-electron chi connectivity index (χ1n) is 4.79. The fraction of sp³-hybridized carbons (Fsp3) is 0.273. The Morgan fingerprint density at radius 2 is 2.00 bits per heavy atom. The van der Waals surface area contributed by atoms with E-state index >= 15 is 0 Å². The van der Waals surface area contributed by atoms with Crippen LogP contribution in [0.2, 0.25) is 5.02 Å². The van der Waals surface area contributed by atoms with E-state index in [-0.39, 0.29) is 11.7 Å². The van der Waals surface area contributed by atoms with Crippen molar-refractivity contribution in [1.82, 2.24) is 0 Å². The molecule has 0 aliphatic carbocycles. The quantitative estimate of drug-likeness (QED) is 0.735. The van der Waals surface area contributed by atoms with E-state index in [1.165, 1.54) is 0 Å². The van der Waals surface area contributed by atoms with E-state index in [1.54, 1.807) is 18.2 Å². The summed E-state index contributed by atoms with van der Waals surface area (Å²) < 4.78 is 0. The SMILES string of the molecule is O=C1CCCC(=O)c2cc(Cl)ccc2N1. The molecule has 1 aliphatic rings. The number of hydrogen-bond acceptors (Lipinski definition) is 2. The number of amides is 1. The first kappa shape index (κ1) is 10.2. The Labute approximate surface area is 92.4 Å². The molecule has 2 rings (SSSR count). The van der Waals surface area contributed by atoms with Gasteiger partial charge in [0, 0.05) is 23.4 Å². The maximum Gasteiger partial charge on any atom is 0.224 e. The van der Waals surface area contributed by atoms with Crippen LogP contribution in [0.5, 0.6) is 0 Å². The van der Waals surface area contributed by atoms with Crippen molar-refractivity contribution in [2.75, 3.05) is 5.32 Å². The van der Waals surface area contributed by atoms with Crippen LogP contribution in [0, 0.1) is 0 Å². The lowest BCUT2D eigenvalue weighted by Crippen LogP contribution is -2.17. The van der Waals surface area contributed by atoms with Crippen LogP contribution in [0.1, 0.15) is 29.6 Å². The van der Waals surface area contributed by atoms with Crippen molar-refractivity contribution in [3.8, 4) is 0 Å². The van der Waals surface area contributed by atoms with E-state index in [9.17, 15) is 9.59 Å². The van der Waals surface area contributed by atoms with Crippen LogP contribution in [-0.4, -0.2) is 11.7 Å². The van der Waals surface area contributed by atoms with Crippen LogP contribution in [0.3, 0.4) is 0 Å². The number of hydrogen-bond donors (Lipinski definition) is 1. The molecule has 0 fully saturated rings. The fourth-order valence-electron chi connectivity index (χ4n) is 1.61. The van der Waals surface area contributed by atoms with Gasteiger partial charge in [0.25, 0.3) is 0 Å². The Bertz CT molecular complexity index is 429. The molecule has 4 heteroatoms. The van der Waals surface area contributed by atoms with Gasteiger partial charge in [-0.1, -0.05) is 11.6 Å². The van der Waals surface area contributed by atoms with E-state index in [0.29, 0.717) is 35.5 Å². The molecule has 1 heterocycles. The number of halogens is 1. The Morgan fingerprint density at radius 3 is 2.80 bits per heavy atom. The Hall–Kier alpha value is -1.35. The zero-order valence-electron chi connectivity index (χ0n) is 8.05. The van der Waals surface area contributed by atoms with E-state index in [2.05, 4.69) is 5.32 Å². The molecule has 1 N–H and O–H groups in total. The highest BCUT2D eigenvalue weighted by Gasteiger charge is 2.17. The molecule has 1 aromatic rings. The molecule has 1 aromatic carbocycles. The normalized spacial score (nSPS) is 16.3. The third-order valence-corrected chi connectivity index (χ3v) is 2.60. The molecule has 1 amide bonds. The summed E-state index contributed by atoms with van der Waals surface area (Å²) in [5, 5.41) is 3.21. The van der Waals surface area contributed by atoms with Crippen molar-refractivity contribution in [3.63, 3.8) is 0 Å². The van der Waals surface area contributed by atoms with Gasteiger partial charge >= 0.3 is 0 Å². The van der Waals surface area contributed by atoms with Gasteiger partial charge in [-0.2, -0.15) is 0 Å². The zero-order chi connectivity index (χ0) is 10.8. The first-order chi connectivity index (χ1) is 7.16. The monoisotopic (exact) mass is 223 g/mol. The largest absolute Gasteiger partial charge is 0.325 e. The van der Waals surface area contributed by atoms with E-state index < -0.39 is 0 Å². The lowest BCUT2D eigenvalue weighted by atomic mass is 10.0. The molecule has 0 atom stereocenters.